The Balaban J connectivity index is 0.000000121. The molecule has 10 aromatic rings. The summed E-state index contributed by atoms with van der Waals surface area (Å²) < 4.78 is 11.0. The van der Waals surface area contributed by atoms with Gasteiger partial charge in [-0.15, -0.1) is 71.2 Å². The number of hydrogen-bond acceptors (Lipinski definition) is 12. The van der Waals surface area contributed by atoms with Crippen LogP contribution in [0.25, 0.3) is 27.9 Å². The summed E-state index contributed by atoms with van der Waals surface area (Å²) in [5, 5.41) is 0. The largest absolute Gasteiger partial charge is 0.497 e. The number of fused-ring (bicyclic) bond motifs is 5. The van der Waals surface area contributed by atoms with Crippen LogP contribution < -0.4 is 9.47 Å². The highest BCUT2D eigenvalue weighted by molar-refractivity contribution is 8.02. The number of benzene rings is 10. The van der Waals surface area contributed by atoms with Crippen molar-refractivity contribution in [3.63, 3.8) is 0 Å². The molecule has 125 heavy (non-hydrogen) atoms. The summed E-state index contributed by atoms with van der Waals surface area (Å²) in [4.78, 5) is 19.3. The third-order valence-corrected chi connectivity index (χ3v) is 35.2. The van der Waals surface area contributed by atoms with E-state index < -0.39 is 0 Å². The van der Waals surface area contributed by atoms with E-state index in [-0.39, 0.29) is 36.1 Å². The maximum Gasteiger partial charge on any atom is 0.119 e. The maximum absolute atomic E-state index is 5.53. The Bertz CT molecular complexity index is 5560. The van der Waals surface area contributed by atoms with Gasteiger partial charge in [-0.2, -0.15) is 0 Å². The molecule has 0 amide bonds. The third kappa shape index (κ3) is 19.2. The molecule has 0 spiro atoms. The highest BCUT2D eigenvalue weighted by atomic mass is 35.5. The van der Waals surface area contributed by atoms with Crippen LogP contribution in [-0.2, 0) is 23.7 Å². The van der Waals surface area contributed by atoms with Crippen molar-refractivity contribution in [3.05, 3.63) is 342 Å². The van der Waals surface area contributed by atoms with Crippen molar-refractivity contribution in [2.24, 2.45) is 0 Å². The van der Waals surface area contributed by atoms with Crippen molar-refractivity contribution in [2.75, 3.05) is 115 Å². The van der Waals surface area contributed by atoms with Gasteiger partial charge < -0.3 is 34.0 Å². The van der Waals surface area contributed by atoms with E-state index in [4.69, 9.17) is 9.47 Å². The number of likely N-dealkylation sites (tertiary alicyclic amines) is 5. The van der Waals surface area contributed by atoms with E-state index >= 15 is 0 Å². The van der Waals surface area contributed by atoms with Gasteiger partial charge in [-0.1, -0.05) is 220 Å². The minimum absolute atomic E-state index is 0. The molecule has 5 fully saturated rings. The van der Waals surface area contributed by atoms with Crippen LogP contribution in [0.5, 0.6) is 11.5 Å². The summed E-state index contributed by atoms with van der Waals surface area (Å²) in [5.74, 6) is 1.88. The number of thioether (sulfide) groups is 5. The highest BCUT2D eigenvalue weighted by Crippen LogP contribution is 2.66. The van der Waals surface area contributed by atoms with Gasteiger partial charge in [0.05, 0.1) is 38.0 Å². The van der Waals surface area contributed by atoms with E-state index in [9.17, 15) is 0 Å². The first-order valence-corrected chi connectivity index (χ1v) is 49.4. The second-order valence-corrected chi connectivity index (χ2v) is 44.4. The molecule has 5 unspecified atom stereocenters. The smallest absolute Gasteiger partial charge is 0.119 e. The molecular weight excluding hydrogens is 1640 g/mol. The van der Waals surface area contributed by atoms with Crippen LogP contribution in [0.1, 0.15) is 182 Å². The Morgan fingerprint density at radius 1 is 0.240 bits per heavy atom. The minimum atomic E-state index is -0.0596. The molecule has 10 aromatic carbocycles. The lowest BCUT2D eigenvalue weighted by Gasteiger charge is -2.32. The van der Waals surface area contributed by atoms with Crippen LogP contribution >= 0.6 is 71.2 Å². The first kappa shape index (κ1) is 92.1. The summed E-state index contributed by atoms with van der Waals surface area (Å²) in [6.45, 7) is 34.8. The fourth-order valence-corrected chi connectivity index (χ4v) is 28.1. The molecular formula is C112H130ClN5O2S5. The van der Waals surface area contributed by atoms with E-state index in [1.165, 1.54) is 204 Å². The average molecular weight is 1770 g/mol. The van der Waals surface area contributed by atoms with Gasteiger partial charge in [0.2, 0.25) is 0 Å². The summed E-state index contributed by atoms with van der Waals surface area (Å²) in [6.07, 6.45) is 11.8. The Morgan fingerprint density at radius 2 is 0.472 bits per heavy atom. The SMILES string of the molecule is COc1ccc2c(c1)C(=C1CCN(C)CC1)C(C)(c1ccccc1)S2.COc1cccc(C2(C)Sc3ccc(C)cc3C2=C2CCN(C)CC2)c1.Cc1cc2c(cc1C)C(=C1CCN(C)CC1)C(C)(c1ccccc1)S2.Cc1ccc2c(c1)C(=C1CCN(C)CC1)C(C)(c1ccccc1)S2.Cc1ccc2c(c1)C(=C1CCN(C)CC1)C(C)(c1ccccc1)S2.Cl. The predicted molar refractivity (Wildman–Crippen MR) is 543 cm³/mol. The molecule has 0 bridgehead atoms. The van der Waals surface area contributed by atoms with E-state index in [1.54, 1.807) is 64.4 Å². The molecule has 0 saturated carbocycles. The molecule has 5 atom stereocenters. The van der Waals surface area contributed by atoms with E-state index in [2.05, 4.69) is 353 Å². The fraction of sp³-hybridized carbons (Fsp3) is 0.375. The zero-order chi connectivity index (χ0) is 86.8. The van der Waals surface area contributed by atoms with Crippen molar-refractivity contribution in [2.45, 2.75) is 182 Å². The summed E-state index contributed by atoms with van der Waals surface area (Å²) in [7, 11) is 14.7. The van der Waals surface area contributed by atoms with Crippen LogP contribution in [0.2, 0.25) is 0 Å². The van der Waals surface area contributed by atoms with Gasteiger partial charge in [0, 0.05) is 89.9 Å². The zero-order valence-electron chi connectivity index (χ0n) is 77.1. The van der Waals surface area contributed by atoms with E-state index in [1.807, 2.05) is 64.9 Å². The number of ether oxygens (including phenoxy) is 2. The van der Waals surface area contributed by atoms with E-state index in [0.29, 0.717) is 0 Å². The number of nitrogens with zero attached hydrogens (tertiary/aromatic N) is 5. The first-order chi connectivity index (χ1) is 59.8. The second kappa shape index (κ2) is 39.3. The standard InChI is InChI=1S/C23H27NOS.C23H27NS.C22H25NOS.2C22H25NS.ClH/c1-16-8-9-21-20(14-16)22(17-10-12-24(3)13-11-17)23(2,26-21)18-6-5-7-19(15-18)25-4;1-16-14-20-21(15-17(16)2)25-23(3,19-8-6-5-7-9-19)22(20)18-10-12-24(4)13-11-18;1-22(17-7-5-4-6-8-17)21(16-11-13-23(2)14-12-16)19-15-18(24-3)9-10-20(19)25-22;2*1-16-9-10-20-19(15-16)21(17-11-13-23(3)14-12-17)22(2,24-20)18-7-5-4-6-8-18;/h5-9,14-15H,10-13H2,1-4H3;5-9,14-15H,10-13H2,1-4H3;4-10,15H,11-14H2,1-3H3;2*4-10,15H,11-14H2,1-3H3;1H. The Morgan fingerprint density at radius 3 is 0.760 bits per heavy atom. The highest BCUT2D eigenvalue weighted by Gasteiger charge is 2.48. The molecule has 7 nitrogen and oxygen atoms in total. The number of halogens is 1. The summed E-state index contributed by atoms with van der Waals surface area (Å²) in [5.41, 5.74) is 37.2. The summed E-state index contributed by atoms with van der Waals surface area (Å²) >= 11 is 10.1. The summed E-state index contributed by atoms with van der Waals surface area (Å²) in [6, 6.07) is 85.0. The average Bonchev–Trinajstić information content (AvgIpc) is 1.62. The lowest BCUT2D eigenvalue weighted by molar-refractivity contribution is 0.312. The van der Waals surface area contributed by atoms with Crippen molar-refractivity contribution < 1.29 is 9.47 Å². The molecule has 20 rings (SSSR count). The monoisotopic (exact) mass is 1770 g/mol. The predicted octanol–water partition coefficient (Wildman–Crippen LogP) is 27.9. The van der Waals surface area contributed by atoms with Crippen molar-refractivity contribution in [1.29, 1.82) is 0 Å². The number of hydrogen-bond donors (Lipinski definition) is 0. The Hall–Kier alpha value is -7.66. The van der Waals surface area contributed by atoms with Gasteiger partial charge in [-0.25, -0.2) is 0 Å². The molecule has 0 N–H and O–H groups in total. The molecule has 652 valence electrons. The first-order valence-electron chi connectivity index (χ1n) is 45.3. The van der Waals surface area contributed by atoms with Crippen LogP contribution in [0.3, 0.4) is 0 Å². The molecule has 10 aliphatic rings. The molecule has 13 heteroatoms. The fourth-order valence-electron chi connectivity index (χ4n) is 20.7. The van der Waals surface area contributed by atoms with Crippen molar-refractivity contribution >= 4 is 99.1 Å². The topological polar surface area (TPSA) is 34.7 Å². The Labute approximate surface area is 776 Å². The normalized spacial score (nSPS) is 23.7. The van der Waals surface area contributed by atoms with Crippen molar-refractivity contribution in [3.8, 4) is 11.5 Å². The van der Waals surface area contributed by atoms with Gasteiger partial charge >= 0.3 is 0 Å². The van der Waals surface area contributed by atoms with Gasteiger partial charge in [0.25, 0.3) is 0 Å². The van der Waals surface area contributed by atoms with Crippen LogP contribution in [0.4, 0.5) is 0 Å². The number of methoxy groups -OCH3 is 2. The lowest BCUT2D eigenvalue weighted by atomic mass is 9.81. The molecule has 0 aromatic heterocycles. The van der Waals surface area contributed by atoms with Gasteiger partial charge in [0.15, 0.2) is 0 Å². The maximum atomic E-state index is 5.53. The lowest BCUT2D eigenvalue weighted by Crippen LogP contribution is -2.28. The number of piperidine rings is 5. The van der Waals surface area contributed by atoms with Crippen molar-refractivity contribution in [1.82, 2.24) is 24.5 Å². The Kier molecular flexibility index (Phi) is 29.0. The van der Waals surface area contributed by atoms with Gasteiger partial charge in [-0.05, 0) is 318 Å². The van der Waals surface area contributed by atoms with Crippen LogP contribution in [-0.4, -0.2) is 139 Å². The van der Waals surface area contributed by atoms with Crippen LogP contribution in [0.15, 0.2) is 283 Å². The molecule has 0 radical (unpaired) electrons. The molecule has 10 aliphatic heterocycles. The third-order valence-electron chi connectivity index (χ3n) is 28.1. The zero-order valence-corrected chi connectivity index (χ0v) is 82.0. The van der Waals surface area contributed by atoms with Gasteiger partial charge in [0.1, 0.15) is 11.5 Å². The molecule has 0 aliphatic carbocycles. The number of rotatable bonds is 7. The van der Waals surface area contributed by atoms with Crippen LogP contribution in [0, 0.1) is 34.6 Å². The number of aryl methyl sites for hydroxylation is 5. The van der Waals surface area contributed by atoms with E-state index in [0.717, 1.165) is 50.5 Å². The minimum Gasteiger partial charge on any atom is -0.497 e. The second-order valence-electron chi connectivity index (χ2n) is 37.1. The van der Waals surface area contributed by atoms with Gasteiger partial charge in [-0.3, -0.25) is 0 Å². The quantitative estimate of drug-likeness (QED) is 0.152. The molecule has 10 heterocycles. The molecule has 5 saturated heterocycles.